The van der Waals surface area contributed by atoms with E-state index in [1.54, 1.807) is 47.2 Å². The molecular weight excluding hydrogens is 398 g/mol. The maximum absolute atomic E-state index is 13.8. The highest BCUT2D eigenvalue weighted by Gasteiger charge is 2.49. The topological polar surface area (TPSA) is 91.8 Å². The van der Waals surface area contributed by atoms with Crippen molar-refractivity contribution in [2.24, 2.45) is 5.92 Å². The normalized spacial score (nSPS) is 22.8. The molecule has 5 rings (SSSR count). The first kappa shape index (κ1) is 17.8. The number of nitrogens with one attached hydrogen (secondary N) is 1. The van der Waals surface area contributed by atoms with E-state index < -0.39 is 16.1 Å². The molecule has 2 aromatic heterocycles. The van der Waals surface area contributed by atoms with Crippen LogP contribution >= 0.6 is 11.6 Å². The molecule has 1 saturated carbocycles. The fraction of sp³-hybridized carbons (Fsp3) is 0.316. The third-order valence-electron chi connectivity index (χ3n) is 5.49. The van der Waals surface area contributed by atoms with Gasteiger partial charge in [0.15, 0.2) is 0 Å². The standard InChI is InChI=1S/C19H18ClN5O2S/c20-14-3-5-15(6-4-14)28(26,27)25-18(12-1-2-12)7-17-16(10-23-24-17)19(25)13-8-21-11-22-9-13/h3-6,8-12,18-19H,1-2,7H2,(H,23,24). The summed E-state index contributed by atoms with van der Waals surface area (Å²) in [5.41, 5.74) is 2.56. The number of aromatic nitrogens is 4. The van der Waals surface area contributed by atoms with E-state index in [2.05, 4.69) is 20.2 Å². The van der Waals surface area contributed by atoms with Gasteiger partial charge in [0, 0.05) is 46.7 Å². The van der Waals surface area contributed by atoms with Gasteiger partial charge < -0.3 is 0 Å². The molecule has 7 nitrogen and oxygen atoms in total. The summed E-state index contributed by atoms with van der Waals surface area (Å²) >= 11 is 5.98. The number of rotatable bonds is 4. The molecule has 1 aliphatic heterocycles. The Morgan fingerprint density at radius 3 is 2.46 bits per heavy atom. The van der Waals surface area contributed by atoms with Crippen LogP contribution in [0.4, 0.5) is 0 Å². The lowest BCUT2D eigenvalue weighted by Gasteiger charge is -2.40. The van der Waals surface area contributed by atoms with E-state index in [0.29, 0.717) is 17.4 Å². The SMILES string of the molecule is O=S(=O)(c1ccc(Cl)cc1)N1C(c2cncnc2)c2cn[nH]c2CC1C1CC1. The second kappa shape index (κ2) is 6.65. The molecule has 144 valence electrons. The third kappa shape index (κ3) is 2.92. The predicted molar refractivity (Wildman–Crippen MR) is 103 cm³/mol. The van der Waals surface area contributed by atoms with Gasteiger partial charge in [-0.1, -0.05) is 11.6 Å². The third-order valence-corrected chi connectivity index (χ3v) is 7.65. The van der Waals surface area contributed by atoms with E-state index >= 15 is 0 Å². The van der Waals surface area contributed by atoms with E-state index in [0.717, 1.165) is 29.7 Å². The lowest BCUT2D eigenvalue weighted by atomic mass is 9.91. The smallest absolute Gasteiger partial charge is 0.244 e. The maximum Gasteiger partial charge on any atom is 0.244 e. The Balaban J connectivity index is 1.70. The van der Waals surface area contributed by atoms with Crippen LogP contribution in [0.15, 0.2) is 54.1 Å². The summed E-state index contributed by atoms with van der Waals surface area (Å²) in [5, 5.41) is 7.75. The fourth-order valence-electron chi connectivity index (χ4n) is 4.03. The number of H-pyrrole nitrogens is 1. The van der Waals surface area contributed by atoms with E-state index in [-0.39, 0.29) is 10.9 Å². The number of nitrogens with zero attached hydrogens (tertiary/aromatic N) is 4. The van der Waals surface area contributed by atoms with Crippen LogP contribution in [-0.2, 0) is 16.4 Å². The molecule has 1 N–H and O–H groups in total. The number of benzene rings is 1. The summed E-state index contributed by atoms with van der Waals surface area (Å²) in [6.45, 7) is 0. The molecule has 0 radical (unpaired) electrons. The maximum atomic E-state index is 13.8. The summed E-state index contributed by atoms with van der Waals surface area (Å²) < 4.78 is 29.2. The van der Waals surface area contributed by atoms with Crippen molar-refractivity contribution >= 4 is 21.6 Å². The molecular formula is C19H18ClN5O2S. The molecule has 0 bridgehead atoms. The summed E-state index contributed by atoms with van der Waals surface area (Å²) in [5.74, 6) is 0.339. The van der Waals surface area contributed by atoms with Crippen molar-refractivity contribution in [2.45, 2.75) is 36.2 Å². The first-order valence-corrected chi connectivity index (χ1v) is 10.9. The minimum atomic E-state index is -3.77. The van der Waals surface area contributed by atoms with Crippen molar-refractivity contribution in [1.29, 1.82) is 0 Å². The average molecular weight is 416 g/mol. The molecule has 3 heterocycles. The number of hydrogen-bond donors (Lipinski definition) is 1. The zero-order chi connectivity index (χ0) is 19.3. The molecule has 3 aromatic rings. The minimum Gasteiger partial charge on any atom is -0.282 e. The van der Waals surface area contributed by atoms with Crippen molar-refractivity contribution < 1.29 is 8.42 Å². The van der Waals surface area contributed by atoms with Crippen LogP contribution in [0.5, 0.6) is 0 Å². The van der Waals surface area contributed by atoms with Crippen LogP contribution in [0.2, 0.25) is 5.02 Å². The molecule has 1 aliphatic carbocycles. The monoisotopic (exact) mass is 415 g/mol. The lowest BCUT2D eigenvalue weighted by Crippen LogP contribution is -2.48. The molecule has 2 unspecified atom stereocenters. The summed E-state index contributed by atoms with van der Waals surface area (Å²) in [6.07, 6.45) is 9.18. The highest BCUT2D eigenvalue weighted by molar-refractivity contribution is 7.89. The number of aromatic amines is 1. The van der Waals surface area contributed by atoms with Gasteiger partial charge in [-0.15, -0.1) is 0 Å². The summed E-state index contributed by atoms with van der Waals surface area (Å²) in [6, 6.07) is 5.67. The predicted octanol–water partition coefficient (Wildman–Crippen LogP) is 2.97. The molecule has 1 fully saturated rings. The van der Waals surface area contributed by atoms with E-state index in [1.807, 2.05) is 0 Å². The number of fused-ring (bicyclic) bond motifs is 1. The lowest BCUT2D eigenvalue weighted by molar-refractivity contribution is 0.230. The molecule has 0 saturated heterocycles. The Morgan fingerprint density at radius 2 is 1.79 bits per heavy atom. The van der Waals surface area contributed by atoms with Crippen LogP contribution in [0.1, 0.15) is 35.7 Å². The van der Waals surface area contributed by atoms with E-state index in [1.165, 1.54) is 6.33 Å². The molecule has 0 amide bonds. The van der Waals surface area contributed by atoms with Gasteiger partial charge >= 0.3 is 0 Å². The van der Waals surface area contributed by atoms with Gasteiger partial charge in [-0.2, -0.15) is 9.40 Å². The highest BCUT2D eigenvalue weighted by atomic mass is 35.5. The van der Waals surface area contributed by atoms with E-state index in [9.17, 15) is 8.42 Å². The quantitative estimate of drug-likeness (QED) is 0.707. The van der Waals surface area contributed by atoms with Gasteiger partial charge in [-0.25, -0.2) is 18.4 Å². The van der Waals surface area contributed by atoms with Crippen molar-refractivity contribution in [2.75, 3.05) is 0 Å². The van der Waals surface area contributed by atoms with Gasteiger partial charge in [0.25, 0.3) is 0 Å². The number of halogens is 1. The van der Waals surface area contributed by atoms with Gasteiger partial charge in [0.1, 0.15) is 6.33 Å². The first-order chi connectivity index (χ1) is 13.6. The molecule has 0 spiro atoms. The van der Waals surface area contributed by atoms with Gasteiger partial charge in [-0.05, 0) is 43.0 Å². The molecule has 28 heavy (non-hydrogen) atoms. The zero-order valence-electron chi connectivity index (χ0n) is 14.9. The fourth-order valence-corrected chi connectivity index (χ4v) is 5.99. The second-order valence-electron chi connectivity index (χ2n) is 7.28. The number of hydrogen-bond acceptors (Lipinski definition) is 5. The van der Waals surface area contributed by atoms with Crippen LogP contribution in [0, 0.1) is 5.92 Å². The molecule has 9 heteroatoms. The van der Waals surface area contributed by atoms with Crippen LogP contribution < -0.4 is 0 Å². The Bertz CT molecular complexity index is 1100. The molecule has 1 aromatic carbocycles. The second-order valence-corrected chi connectivity index (χ2v) is 9.56. The van der Waals surface area contributed by atoms with Crippen LogP contribution in [-0.4, -0.2) is 38.9 Å². The number of sulfonamides is 1. The Hall–Kier alpha value is -2.29. The summed E-state index contributed by atoms with van der Waals surface area (Å²) in [4.78, 5) is 8.48. The van der Waals surface area contributed by atoms with Gasteiger partial charge in [-0.3, -0.25) is 5.10 Å². The Kier molecular flexibility index (Phi) is 4.22. The minimum absolute atomic E-state index is 0.140. The van der Waals surface area contributed by atoms with Crippen LogP contribution in [0.3, 0.4) is 0 Å². The van der Waals surface area contributed by atoms with E-state index in [4.69, 9.17) is 11.6 Å². The largest absolute Gasteiger partial charge is 0.282 e. The van der Waals surface area contributed by atoms with Crippen LogP contribution in [0.25, 0.3) is 0 Å². The average Bonchev–Trinajstić information content (AvgIpc) is 3.45. The van der Waals surface area contributed by atoms with Crippen molar-refractivity contribution in [1.82, 2.24) is 24.5 Å². The Labute approximate surface area is 167 Å². The highest BCUT2D eigenvalue weighted by Crippen LogP contribution is 2.47. The summed E-state index contributed by atoms with van der Waals surface area (Å²) in [7, 11) is -3.77. The van der Waals surface area contributed by atoms with Gasteiger partial charge in [0.05, 0.1) is 17.1 Å². The van der Waals surface area contributed by atoms with Gasteiger partial charge in [0.2, 0.25) is 10.0 Å². The molecule has 2 aliphatic rings. The Morgan fingerprint density at radius 1 is 1.07 bits per heavy atom. The molecule has 2 atom stereocenters. The van der Waals surface area contributed by atoms with Crippen molar-refractivity contribution in [3.63, 3.8) is 0 Å². The van der Waals surface area contributed by atoms with Crippen molar-refractivity contribution in [3.8, 4) is 0 Å². The first-order valence-electron chi connectivity index (χ1n) is 9.12. The van der Waals surface area contributed by atoms with Crippen molar-refractivity contribution in [3.05, 3.63) is 71.0 Å². The zero-order valence-corrected chi connectivity index (χ0v) is 16.4.